The lowest BCUT2D eigenvalue weighted by atomic mass is 10.0. The minimum Gasteiger partial charge on any atom is -0.496 e. The molecule has 0 aliphatic rings. The highest BCUT2D eigenvalue weighted by atomic mass is 19.4. The molecule has 0 spiro atoms. The van der Waals surface area contributed by atoms with Crippen molar-refractivity contribution in [3.05, 3.63) is 34.9 Å². The second-order valence-corrected chi connectivity index (χ2v) is 3.20. The van der Waals surface area contributed by atoms with Crippen molar-refractivity contribution in [1.29, 1.82) is 10.5 Å². The van der Waals surface area contributed by atoms with E-state index in [1.807, 2.05) is 0 Å². The predicted molar refractivity (Wildman–Crippen MR) is 57.2 cm³/mol. The van der Waals surface area contributed by atoms with Crippen LogP contribution in [0.15, 0.2) is 23.8 Å². The molecule has 0 N–H and O–H groups in total. The zero-order valence-electron chi connectivity index (χ0n) is 9.25. The van der Waals surface area contributed by atoms with Gasteiger partial charge in [-0.2, -0.15) is 23.7 Å². The second kappa shape index (κ2) is 5.24. The predicted octanol–water partition coefficient (Wildman–Crippen LogP) is 3.14. The highest BCUT2D eigenvalue weighted by molar-refractivity contribution is 5.69. The number of methoxy groups -OCH3 is 1. The summed E-state index contributed by atoms with van der Waals surface area (Å²) >= 11 is 0. The van der Waals surface area contributed by atoms with Crippen LogP contribution in [0.1, 0.15) is 11.1 Å². The monoisotopic (exact) mass is 252 g/mol. The smallest absolute Gasteiger partial charge is 0.417 e. The summed E-state index contributed by atoms with van der Waals surface area (Å²) in [4.78, 5) is 0. The first-order valence-electron chi connectivity index (χ1n) is 4.70. The van der Waals surface area contributed by atoms with Crippen molar-refractivity contribution in [3.63, 3.8) is 0 Å². The lowest BCUT2D eigenvalue weighted by Gasteiger charge is -2.13. The molecule has 0 fully saturated rings. The molecule has 1 aromatic rings. The van der Waals surface area contributed by atoms with Crippen LogP contribution < -0.4 is 4.74 Å². The molecule has 0 saturated heterocycles. The Labute approximate surface area is 101 Å². The molecular weight excluding hydrogens is 245 g/mol. The number of ether oxygens (including phenoxy) is 1. The fraction of sp³-hybridized carbons (Fsp3) is 0.167. The van der Waals surface area contributed by atoms with Gasteiger partial charge in [0.1, 0.15) is 23.5 Å². The first-order valence-corrected chi connectivity index (χ1v) is 4.70. The van der Waals surface area contributed by atoms with Gasteiger partial charge >= 0.3 is 6.18 Å². The van der Waals surface area contributed by atoms with E-state index >= 15 is 0 Å². The maximum absolute atomic E-state index is 12.8. The first-order chi connectivity index (χ1) is 8.43. The van der Waals surface area contributed by atoms with Crippen LogP contribution in [0.5, 0.6) is 5.75 Å². The number of hydrogen-bond acceptors (Lipinski definition) is 3. The van der Waals surface area contributed by atoms with Crippen molar-refractivity contribution in [3.8, 4) is 17.9 Å². The number of nitriles is 2. The quantitative estimate of drug-likeness (QED) is 0.759. The van der Waals surface area contributed by atoms with E-state index in [1.54, 1.807) is 0 Å². The molecule has 0 bridgehead atoms. The van der Waals surface area contributed by atoms with Crippen molar-refractivity contribution in [1.82, 2.24) is 0 Å². The summed E-state index contributed by atoms with van der Waals surface area (Å²) in [5.41, 5.74) is -1.71. The number of alkyl halides is 3. The molecule has 1 aromatic carbocycles. The summed E-state index contributed by atoms with van der Waals surface area (Å²) in [7, 11) is 1.21. The van der Waals surface area contributed by atoms with Crippen LogP contribution in [0, 0.1) is 22.7 Å². The number of benzene rings is 1. The van der Waals surface area contributed by atoms with Crippen molar-refractivity contribution in [2.75, 3.05) is 7.11 Å². The van der Waals surface area contributed by atoms with Crippen LogP contribution in [-0.2, 0) is 6.18 Å². The van der Waals surface area contributed by atoms with E-state index in [2.05, 4.69) is 0 Å². The van der Waals surface area contributed by atoms with Crippen LogP contribution in [0.4, 0.5) is 13.2 Å². The van der Waals surface area contributed by atoms with Gasteiger partial charge in [0.25, 0.3) is 0 Å². The molecule has 0 radical (unpaired) electrons. The topological polar surface area (TPSA) is 56.8 Å². The summed E-state index contributed by atoms with van der Waals surface area (Å²) in [5.74, 6) is -0.0483. The third kappa shape index (κ3) is 2.80. The first kappa shape index (κ1) is 13.6. The minimum atomic E-state index is -4.59. The third-order valence-corrected chi connectivity index (χ3v) is 2.12. The molecule has 6 heteroatoms. The third-order valence-electron chi connectivity index (χ3n) is 2.12. The second-order valence-electron chi connectivity index (χ2n) is 3.20. The van der Waals surface area contributed by atoms with Gasteiger partial charge in [-0.15, -0.1) is 0 Å². The lowest BCUT2D eigenvalue weighted by molar-refractivity contribution is -0.137. The Morgan fingerprint density at radius 2 is 1.89 bits per heavy atom. The molecule has 0 aromatic heterocycles. The maximum Gasteiger partial charge on any atom is 0.417 e. The van der Waals surface area contributed by atoms with Crippen molar-refractivity contribution in [2.24, 2.45) is 0 Å². The Bertz CT molecular complexity index is 546. The molecule has 0 aliphatic heterocycles. The summed E-state index contributed by atoms with van der Waals surface area (Å²) in [5, 5.41) is 17.2. The molecule has 0 atom stereocenters. The zero-order chi connectivity index (χ0) is 13.8. The van der Waals surface area contributed by atoms with E-state index in [0.717, 1.165) is 12.1 Å². The molecule has 18 heavy (non-hydrogen) atoms. The minimum absolute atomic E-state index is 0.0483. The van der Waals surface area contributed by atoms with Gasteiger partial charge in [0.05, 0.1) is 12.7 Å². The summed E-state index contributed by atoms with van der Waals surface area (Å²) in [6, 6.07) is 6.40. The highest BCUT2D eigenvalue weighted by Gasteiger charge is 2.34. The van der Waals surface area contributed by atoms with Gasteiger partial charge < -0.3 is 4.74 Å². The number of allylic oxidation sites excluding steroid dienone is 1. The van der Waals surface area contributed by atoms with Gasteiger partial charge in [-0.1, -0.05) is 6.07 Å². The van der Waals surface area contributed by atoms with Gasteiger partial charge in [-0.05, 0) is 18.2 Å². The number of halogens is 3. The number of rotatable bonds is 2. The van der Waals surface area contributed by atoms with E-state index < -0.39 is 17.3 Å². The highest BCUT2D eigenvalue weighted by Crippen LogP contribution is 2.37. The standard InChI is InChI=1S/C12H7F3N2O/c1-18-11-4-2-3-10(12(13,14)15)9(11)5-8(6-16)7-17/h2-5H,1H3. The Hall–Kier alpha value is -2.47. The molecule has 0 aliphatic carbocycles. The Kier molecular flexibility index (Phi) is 3.96. The molecule has 0 heterocycles. The largest absolute Gasteiger partial charge is 0.496 e. The van der Waals surface area contributed by atoms with E-state index in [-0.39, 0.29) is 11.3 Å². The molecule has 0 amide bonds. The van der Waals surface area contributed by atoms with Gasteiger partial charge in [0.15, 0.2) is 0 Å². The lowest BCUT2D eigenvalue weighted by Crippen LogP contribution is -2.08. The number of nitrogens with zero attached hydrogens (tertiary/aromatic N) is 2. The van der Waals surface area contributed by atoms with E-state index in [9.17, 15) is 13.2 Å². The molecule has 1 rings (SSSR count). The van der Waals surface area contributed by atoms with Crippen molar-refractivity contribution >= 4 is 6.08 Å². The fourth-order valence-corrected chi connectivity index (χ4v) is 1.35. The maximum atomic E-state index is 12.8. The van der Waals surface area contributed by atoms with Gasteiger partial charge in [-0.3, -0.25) is 0 Å². The zero-order valence-corrected chi connectivity index (χ0v) is 9.25. The fourth-order valence-electron chi connectivity index (χ4n) is 1.35. The Balaban J connectivity index is 3.55. The summed E-state index contributed by atoms with van der Waals surface area (Å²) in [6.45, 7) is 0. The van der Waals surface area contributed by atoms with Crippen LogP contribution in [0.25, 0.3) is 6.08 Å². The van der Waals surface area contributed by atoms with E-state index in [4.69, 9.17) is 15.3 Å². The van der Waals surface area contributed by atoms with Crippen molar-refractivity contribution < 1.29 is 17.9 Å². The van der Waals surface area contributed by atoms with Crippen LogP contribution >= 0.6 is 0 Å². The average molecular weight is 252 g/mol. The van der Waals surface area contributed by atoms with Gasteiger partial charge in [0, 0.05) is 5.56 Å². The molecule has 3 nitrogen and oxygen atoms in total. The SMILES string of the molecule is COc1cccc(C(F)(F)F)c1C=C(C#N)C#N. The van der Waals surface area contributed by atoms with E-state index in [1.165, 1.54) is 31.4 Å². The number of hydrogen-bond donors (Lipinski definition) is 0. The van der Waals surface area contributed by atoms with Crippen LogP contribution in [0.3, 0.4) is 0 Å². The van der Waals surface area contributed by atoms with Gasteiger partial charge in [0.2, 0.25) is 0 Å². The van der Waals surface area contributed by atoms with Crippen LogP contribution in [0.2, 0.25) is 0 Å². The van der Waals surface area contributed by atoms with E-state index in [0.29, 0.717) is 0 Å². The summed E-state index contributed by atoms with van der Waals surface area (Å²) in [6.07, 6.45) is -3.72. The summed E-state index contributed by atoms with van der Waals surface area (Å²) < 4.78 is 43.1. The normalized spacial score (nSPS) is 10.1. The molecule has 0 unspecified atom stereocenters. The molecule has 92 valence electrons. The Morgan fingerprint density at radius 1 is 1.28 bits per heavy atom. The molecular formula is C12H7F3N2O. The van der Waals surface area contributed by atoms with Crippen molar-refractivity contribution in [2.45, 2.75) is 6.18 Å². The molecule has 0 saturated carbocycles. The average Bonchev–Trinajstić information content (AvgIpc) is 2.34. The Morgan fingerprint density at radius 3 is 2.33 bits per heavy atom. The van der Waals surface area contributed by atoms with Crippen LogP contribution in [-0.4, -0.2) is 7.11 Å². The van der Waals surface area contributed by atoms with Gasteiger partial charge in [-0.25, -0.2) is 0 Å².